The van der Waals surface area contributed by atoms with Crippen LogP contribution in [-0.4, -0.2) is 13.7 Å². The summed E-state index contributed by atoms with van der Waals surface area (Å²) in [5.41, 5.74) is 3.58. The Kier molecular flexibility index (Phi) is 3.42. The molecule has 0 aliphatic heterocycles. The fourth-order valence-corrected chi connectivity index (χ4v) is 3.48. The molecule has 0 saturated heterocycles. The van der Waals surface area contributed by atoms with E-state index in [1.165, 1.54) is 6.07 Å². The number of aryl methyl sites for hydroxylation is 2. The van der Waals surface area contributed by atoms with Crippen LogP contribution in [0.3, 0.4) is 0 Å². The number of benzene rings is 1. The van der Waals surface area contributed by atoms with E-state index in [4.69, 9.17) is 0 Å². The Hall–Kier alpha value is -1.59. The zero-order chi connectivity index (χ0) is 15.2. The van der Waals surface area contributed by atoms with Gasteiger partial charge in [0.05, 0.1) is 4.75 Å². The van der Waals surface area contributed by atoms with Gasteiger partial charge in [-0.3, -0.25) is 4.98 Å². The lowest BCUT2D eigenvalue weighted by Crippen LogP contribution is -2.13. The molecule has 1 atom stereocenters. The molecular formula is C16H16FNO2S. The molecule has 1 aliphatic rings. The predicted octanol–water partition coefficient (Wildman–Crippen LogP) is 3.72. The third-order valence-corrected chi connectivity index (χ3v) is 5.24. The van der Waals surface area contributed by atoms with Crippen molar-refractivity contribution in [2.45, 2.75) is 31.4 Å². The van der Waals surface area contributed by atoms with Gasteiger partial charge < -0.3 is 4.55 Å². The lowest BCUT2D eigenvalue weighted by Gasteiger charge is -2.14. The summed E-state index contributed by atoms with van der Waals surface area (Å²) in [6.45, 7) is 3.73. The first-order chi connectivity index (χ1) is 9.92. The van der Waals surface area contributed by atoms with Crippen LogP contribution in [0.2, 0.25) is 0 Å². The van der Waals surface area contributed by atoms with Crippen LogP contribution in [0.15, 0.2) is 30.3 Å². The monoisotopic (exact) mass is 305 g/mol. The second kappa shape index (κ2) is 5.00. The molecule has 21 heavy (non-hydrogen) atoms. The maximum atomic E-state index is 14.2. The van der Waals surface area contributed by atoms with Crippen LogP contribution in [0.25, 0.3) is 11.1 Å². The van der Waals surface area contributed by atoms with Crippen molar-refractivity contribution in [1.82, 2.24) is 4.98 Å². The van der Waals surface area contributed by atoms with E-state index in [-0.39, 0.29) is 5.82 Å². The molecule has 0 amide bonds. The van der Waals surface area contributed by atoms with Crippen LogP contribution in [0.4, 0.5) is 4.39 Å². The van der Waals surface area contributed by atoms with Crippen molar-refractivity contribution in [3.05, 3.63) is 53.1 Å². The van der Waals surface area contributed by atoms with E-state index in [2.05, 4.69) is 4.98 Å². The summed E-state index contributed by atoms with van der Waals surface area (Å²) in [4.78, 5) is 4.29. The van der Waals surface area contributed by atoms with Crippen LogP contribution >= 0.6 is 0 Å². The minimum Gasteiger partial charge on any atom is -0.305 e. The third kappa shape index (κ3) is 2.51. The van der Waals surface area contributed by atoms with E-state index in [1.54, 1.807) is 12.1 Å². The first-order valence-electron chi connectivity index (χ1n) is 6.79. The van der Waals surface area contributed by atoms with Gasteiger partial charge in [0.2, 0.25) is 0 Å². The maximum absolute atomic E-state index is 14.2. The van der Waals surface area contributed by atoms with Gasteiger partial charge in [0, 0.05) is 17.0 Å². The standard InChI is InChI=1S/C16H16FNO2S/c1-10-7-12(8-11(2)18-10)14-9-13(3-4-15(14)17)16(5-6-16)21(19)20/h3-4,7-9H,5-6H2,1-2H3,(H,19,20). The van der Waals surface area contributed by atoms with E-state index in [0.29, 0.717) is 18.4 Å². The molecule has 1 aliphatic carbocycles. The molecule has 0 radical (unpaired) electrons. The molecule has 110 valence electrons. The summed E-state index contributed by atoms with van der Waals surface area (Å²) in [7, 11) is 0. The molecule has 1 heterocycles. The number of aromatic nitrogens is 1. The molecule has 1 unspecified atom stereocenters. The molecule has 3 nitrogen and oxygen atoms in total. The fraction of sp³-hybridized carbons (Fsp3) is 0.312. The van der Waals surface area contributed by atoms with E-state index in [1.807, 2.05) is 26.0 Å². The average molecular weight is 305 g/mol. The lowest BCUT2D eigenvalue weighted by molar-refractivity contribution is 0.547. The summed E-state index contributed by atoms with van der Waals surface area (Å²) < 4.78 is 34.5. The van der Waals surface area contributed by atoms with E-state index in [9.17, 15) is 13.2 Å². The number of nitrogens with zero attached hydrogens (tertiary/aromatic N) is 1. The van der Waals surface area contributed by atoms with Crippen LogP contribution in [-0.2, 0) is 15.8 Å². The van der Waals surface area contributed by atoms with Crippen molar-refractivity contribution < 1.29 is 13.2 Å². The molecule has 3 rings (SSSR count). The van der Waals surface area contributed by atoms with Crippen molar-refractivity contribution >= 4 is 11.1 Å². The highest BCUT2D eigenvalue weighted by atomic mass is 32.2. The van der Waals surface area contributed by atoms with Gasteiger partial charge in [0.1, 0.15) is 5.82 Å². The Balaban J connectivity index is 2.13. The highest BCUT2D eigenvalue weighted by molar-refractivity contribution is 7.80. The van der Waals surface area contributed by atoms with E-state index < -0.39 is 15.8 Å². The topological polar surface area (TPSA) is 50.2 Å². The summed E-state index contributed by atoms with van der Waals surface area (Å²) >= 11 is -1.93. The number of rotatable bonds is 3. The Morgan fingerprint density at radius 2 is 1.81 bits per heavy atom. The van der Waals surface area contributed by atoms with Gasteiger partial charge >= 0.3 is 0 Å². The first kappa shape index (κ1) is 14.4. The molecule has 1 aromatic heterocycles. The van der Waals surface area contributed by atoms with Crippen molar-refractivity contribution in [1.29, 1.82) is 0 Å². The second-order valence-corrected chi connectivity index (χ2v) is 6.86. The van der Waals surface area contributed by atoms with Gasteiger partial charge in [0.15, 0.2) is 11.1 Å². The summed E-state index contributed by atoms with van der Waals surface area (Å²) in [5, 5.41) is 0. The normalized spacial score (nSPS) is 17.5. The predicted molar refractivity (Wildman–Crippen MR) is 80.8 cm³/mol. The number of halogens is 1. The lowest BCUT2D eigenvalue weighted by atomic mass is 9.99. The average Bonchev–Trinajstić information content (AvgIpc) is 3.19. The second-order valence-electron chi connectivity index (χ2n) is 5.58. The molecule has 1 N–H and O–H groups in total. The number of pyridine rings is 1. The minimum absolute atomic E-state index is 0.330. The van der Waals surface area contributed by atoms with E-state index in [0.717, 1.165) is 22.5 Å². The van der Waals surface area contributed by atoms with Crippen LogP contribution in [0, 0.1) is 19.7 Å². The fourth-order valence-electron chi connectivity index (χ4n) is 2.70. The molecule has 1 saturated carbocycles. The zero-order valence-corrected chi connectivity index (χ0v) is 12.7. The summed E-state index contributed by atoms with van der Waals surface area (Å²) in [5.74, 6) is -0.330. The quantitative estimate of drug-likeness (QED) is 0.879. The van der Waals surface area contributed by atoms with Gasteiger partial charge in [0.25, 0.3) is 0 Å². The largest absolute Gasteiger partial charge is 0.305 e. The zero-order valence-electron chi connectivity index (χ0n) is 11.9. The van der Waals surface area contributed by atoms with Crippen molar-refractivity contribution in [3.8, 4) is 11.1 Å². The smallest absolute Gasteiger partial charge is 0.163 e. The number of hydrogen-bond acceptors (Lipinski definition) is 2. The molecule has 5 heteroatoms. The Bertz CT molecular complexity index is 721. The van der Waals surface area contributed by atoms with Gasteiger partial charge in [-0.1, -0.05) is 6.07 Å². The van der Waals surface area contributed by atoms with Crippen molar-refractivity contribution in [3.63, 3.8) is 0 Å². The SMILES string of the molecule is Cc1cc(-c2cc(C3(S(=O)O)CC3)ccc2F)cc(C)n1. The molecule has 0 spiro atoms. The third-order valence-electron chi connectivity index (χ3n) is 3.92. The van der Waals surface area contributed by atoms with Crippen LogP contribution in [0.1, 0.15) is 29.8 Å². The molecular weight excluding hydrogens is 289 g/mol. The van der Waals surface area contributed by atoms with Crippen LogP contribution in [0.5, 0.6) is 0 Å². The van der Waals surface area contributed by atoms with Crippen molar-refractivity contribution in [2.75, 3.05) is 0 Å². The van der Waals surface area contributed by atoms with Crippen molar-refractivity contribution in [2.24, 2.45) is 0 Å². The minimum atomic E-state index is -1.93. The molecule has 1 fully saturated rings. The van der Waals surface area contributed by atoms with Crippen LogP contribution < -0.4 is 0 Å². The molecule has 1 aromatic carbocycles. The summed E-state index contributed by atoms with van der Waals surface area (Å²) in [6.07, 6.45) is 1.32. The van der Waals surface area contributed by atoms with Gasteiger partial charge in [-0.05, 0) is 62.1 Å². The van der Waals surface area contributed by atoms with Gasteiger partial charge in [-0.2, -0.15) is 0 Å². The highest BCUT2D eigenvalue weighted by Gasteiger charge is 2.50. The Morgan fingerprint density at radius 3 is 2.33 bits per heavy atom. The maximum Gasteiger partial charge on any atom is 0.163 e. The highest BCUT2D eigenvalue weighted by Crippen LogP contribution is 2.51. The Labute approximate surface area is 125 Å². The Morgan fingerprint density at radius 1 is 1.19 bits per heavy atom. The van der Waals surface area contributed by atoms with Gasteiger partial charge in [-0.25, -0.2) is 8.60 Å². The summed E-state index contributed by atoms with van der Waals surface area (Å²) in [6, 6.07) is 8.34. The first-order valence-corrected chi connectivity index (χ1v) is 7.90. The molecule has 0 bridgehead atoms. The van der Waals surface area contributed by atoms with Gasteiger partial charge in [-0.15, -0.1) is 0 Å². The molecule has 2 aromatic rings. The van der Waals surface area contributed by atoms with E-state index >= 15 is 0 Å². The number of hydrogen-bond donors (Lipinski definition) is 1.